The lowest BCUT2D eigenvalue weighted by atomic mass is 10.1. The van der Waals surface area contributed by atoms with E-state index in [-0.39, 0.29) is 17.4 Å². The minimum Gasteiger partial charge on any atom is -0.481 e. The van der Waals surface area contributed by atoms with Crippen LogP contribution >= 0.6 is 0 Å². The Balaban J connectivity index is 3.04. The Morgan fingerprint density at radius 1 is 1.27 bits per heavy atom. The predicted octanol–water partition coefficient (Wildman–Crippen LogP) is 3.33. The summed E-state index contributed by atoms with van der Waals surface area (Å²) in [5, 5.41) is 0.116. The Kier molecular flexibility index (Phi) is 6.14. The number of ether oxygens (including phenoxy) is 2. The van der Waals surface area contributed by atoms with Gasteiger partial charge in [0.2, 0.25) is 5.88 Å². The third-order valence-corrected chi connectivity index (χ3v) is 8.73. The summed E-state index contributed by atoms with van der Waals surface area (Å²) in [6.45, 7) is 11.3. The number of hydrogen-bond acceptors (Lipinski definition) is 5. The molecule has 1 heterocycles. The maximum atomic E-state index is 11.6. The molecule has 124 valence electrons. The van der Waals surface area contributed by atoms with Crippen molar-refractivity contribution in [3.8, 4) is 5.88 Å². The number of rotatable bonds is 6. The average Bonchev–Trinajstić information content (AvgIpc) is 2.44. The molecule has 1 aromatic rings. The quantitative estimate of drug-likeness (QED) is 0.593. The topological polar surface area (TPSA) is 57.7 Å². The molecule has 0 radical (unpaired) electrons. The average molecular weight is 325 g/mol. The van der Waals surface area contributed by atoms with Gasteiger partial charge in [0.15, 0.2) is 8.32 Å². The highest BCUT2D eigenvalue weighted by Gasteiger charge is 2.37. The van der Waals surface area contributed by atoms with Crippen molar-refractivity contribution in [2.24, 2.45) is 0 Å². The Bertz CT molecular complexity index is 523. The molecule has 22 heavy (non-hydrogen) atoms. The summed E-state index contributed by atoms with van der Waals surface area (Å²) in [7, 11) is 1.06. The van der Waals surface area contributed by atoms with Crippen molar-refractivity contribution in [3.05, 3.63) is 23.4 Å². The number of methoxy groups -OCH3 is 2. The number of hydrogen-bond donors (Lipinski definition) is 0. The fourth-order valence-corrected chi connectivity index (χ4v) is 2.64. The fourth-order valence-electron chi connectivity index (χ4n) is 1.70. The van der Waals surface area contributed by atoms with Crippen LogP contribution in [0.1, 0.15) is 31.9 Å². The van der Waals surface area contributed by atoms with Gasteiger partial charge in [0.25, 0.3) is 0 Å². The van der Waals surface area contributed by atoms with Crippen LogP contribution in [-0.2, 0) is 27.0 Å². The standard InChI is InChI=1S/C16H27NO4Si/c1-16(2,3)22(6,7)21-11-13-12(10-14(18)19-4)8-9-17-15(13)20-5/h8-9H,10-11H2,1-7H3. The Hall–Kier alpha value is -1.40. The second-order valence-corrected chi connectivity index (χ2v) is 11.6. The monoisotopic (exact) mass is 325 g/mol. The van der Waals surface area contributed by atoms with E-state index in [2.05, 4.69) is 38.8 Å². The number of aromatic nitrogens is 1. The smallest absolute Gasteiger partial charge is 0.309 e. The highest BCUT2D eigenvalue weighted by atomic mass is 28.4. The number of esters is 1. The van der Waals surface area contributed by atoms with Gasteiger partial charge >= 0.3 is 5.97 Å². The van der Waals surface area contributed by atoms with Crippen molar-refractivity contribution >= 4 is 14.3 Å². The van der Waals surface area contributed by atoms with Gasteiger partial charge in [-0.2, -0.15) is 0 Å². The molecule has 0 N–H and O–H groups in total. The first kappa shape index (κ1) is 18.6. The molecule has 0 amide bonds. The summed E-state index contributed by atoms with van der Waals surface area (Å²) >= 11 is 0. The van der Waals surface area contributed by atoms with E-state index in [1.165, 1.54) is 7.11 Å². The fraction of sp³-hybridized carbons (Fsp3) is 0.625. The molecule has 0 aliphatic heterocycles. The lowest BCUT2D eigenvalue weighted by Gasteiger charge is -2.36. The first-order valence-electron chi connectivity index (χ1n) is 7.34. The highest BCUT2D eigenvalue weighted by Crippen LogP contribution is 2.37. The van der Waals surface area contributed by atoms with Crippen LogP contribution in [0.4, 0.5) is 0 Å². The molecule has 1 rings (SSSR count). The van der Waals surface area contributed by atoms with E-state index >= 15 is 0 Å². The van der Waals surface area contributed by atoms with Crippen LogP contribution < -0.4 is 4.74 Å². The van der Waals surface area contributed by atoms with Crippen LogP contribution in [-0.4, -0.2) is 33.5 Å². The molecule has 0 bridgehead atoms. The van der Waals surface area contributed by atoms with Gasteiger partial charge in [-0.25, -0.2) is 4.98 Å². The highest BCUT2D eigenvalue weighted by molar-refractivity contribution is 6.74. The summed E-state index contributed by atoms with van der Waals surface area (Å²) in [5.41, 5.74) is 1.65. The largest absolute Gasteiger partial charge is 0.481 e. The van der Waals surface area contributed by atoms with Crippen molar-refractivity contribution in [3.63, 3.8) is 0 Å². The molecule has 0 atom stereocenters. The van der Waals surface area contributed by atoms with Gasteiger partial charge in [-0.05, 0) is 29.8 Å². The van der Waals surface area contributed by atoms with Crippen molar-refractivity contribution in [1.82, 2.24) is 4.98 Å². The maximum absolute atomic E-state index is 11.6. The normalized spacial score (nSPS) is 12.1. The lowest BCUT2D eigenvalue weighted by Crippen LogP contribution is -2.40. The molecule has 0 saturated carbocycles. The zero-order valence-electron chi connectivity index (χ0n) is 14.6. The molecule has 6 heteroatoms. The number of nitrogens with zero attached hydrogens (tertiary/aromatic N) is 1. The van der Waals surface area contributed by atoms with E-state index in [0.717, 1.165) is 11.1 Å². The van der Waals surface area contributed by atoms with E-state index in [1.807, 2.05) is 6.07 Å². The van der Waals surface area contributed by atoms with Crippen LogP contribution in [0.15, 0.2) is 12.3 Å². The van der Waals surface area contributed by atoms with Crippen LogP contribution in [0.3, 0.4) is 0 Å². The molecule has 0 saturated heterocycles. The minimum atomic E-state index is -1.89. The summed E-state index contributed by atoms with van der Waals surface area (Å²) in [6.07, 6.45) is 1.82. The molecule has 0 unspecified atom stereocenters. The lowest BCUT2D eigenvalue weighted by molar-refractivity contribution is -0.139. The van der Waals surface area contributed by atoms with Crippen LogP contribution in [0.25, 0.3) is 0 Å². The van der Waals surface area contributed by atoms with Crippen LogP contribution in [0.2, 0.25) is 18.1 Å². The van der Waals surface area contributed by atoms with Gasteiger partial charge < -0.3 is 13.9 Å². The summed E-state index contributed by atoms with van der Waals surface area (Å²) < 4.78 is 16.3. The Labute approximate surface area is 134 Å². The molecule has 0 spiro atoms. The Morgan fingerprint density at radius 3 is 2.41 bits per heavy atom. The molecular formula is C16H27NO4Si. The minimum absolute atomic E-state index is 0.116. The zero-order valence-corrected chi connectivity index (χ0v) is 15.6. The van der Waals surface area contributed by atoms with E-state index in [4.69, 9.17) is 13.9 Å². The van der Waals surface area contributed by atoms with Gasteiger partial charge in [-0.15, -0.1) is 0 Å². The third-order valence-electron chi connectivity index (χ3n) is 4.25. The molecule has 1 aromatic heterocycles. The first-order valence-corrected chi connectivity index (χ1v) is 10.2. The van der Waals surface area contributed by atoms with Gasteiger partial charge in [-0.3, -0.25) is 4.79 Å². The molecule has 0 aliphatic rings. The number of pyridine rings is 1. The van der Waals surface area contributed by atoms with E-state index < -0.39 is 8.32 Å². The molecule has 0 aromatic carbocycles. The van der Waals surface area contributed by atoms with Crippen LogP contribution in [0.5, 0.6) is 5.88 Å². The second-order valence-electron chi connectivity index (χ2n) is 6.76. The second kappa shape index (κ2) is 7.24. The summed E-state index contributed by atoms with van der Waals surface area (Å²) in [4.78, 5) is 15.8. The molecule has 0 aliphatic carbocycles. The Morgan fingerprint density at radius 2 is 1.91 bits per heavy atom. The SMILES string of the molecule is COC(=O)Cc1ccnc(OC)c1CO[Si](C)(C)C(C)(C)C. The van der Waals surface area contributed by atoms with Crippen molar-refractivity contribution < 1.29 is 18.7 Å². The van der Waals surface area contributed by atoms with Crippen LogP contribution in [0, 0.1) is 0 Å². The first-order chi connectivity index (χ1) is 10.1. The van der Waals surface area contributed by atoms with E-state index in [0.29, 0.717) is 12.5 Å². The summed E-state index contributed by atoms with van der Waals surface area (Å²) in [6, 6.07) is 1.81. The molecular weight excluding hydrogens is 298 g/mol. The van der Waals surface area contributed by atoms with E-state index in [9.17, 15) is 4.79 Å². The summed E-state index contributed by atoms with van der Waals surface area (Å²) in [5.74, 6) is 0.210. The van der Waals surface area contributed by atoms with Crippen molar-refractivity contribution in [1.29, 1.82) is 0 Å². The molecule has 0 fully saturated rings. The van der Waals surface area contributed by atoms with Gasteiger partial charge in [0.1, 0.15) is 0 Å². The predicted molar refractivity (Wildman–Crippen MR) is 88.5 cm³/mol. The van der Waals surface area contributed by atoms with Crippen molar-refractivity contribution in [2.45, 2.75) is 51.9 Å². The maximum Gasteiger partial charge on any atom is 0.309 e. The third kappa shape index (κ3) is 4.54. The molecule has 5 nitrogen and oxygen atoms in total. The zero-order chi connectivity index (χ0) is 17.0. The number of carbonyl (C=O) groups is 1. The number of carbonyl (C=O) groups excluding carboxylic acids is 1. The van der Waals surface area contributed by atoms with Gasteiger partial charge in [0, 0.05) is 11.8 Å². The van der Waals surface area contributed by atoms with E-state index in [1.54, 1.807) is 13.3 Å². The van der Waals surface area contributed by atoms with Gasteiger partial charge in [-0.1, -0.05) is 20.8 Å². The van der Waals surface area contributed by atoms with Crippen molar-refractivity contribution in [2.75, 3.05) is 14.2 Å². The van der Waals surface area contributed by atoms with Gasteiger partial charge in [0.05, 0.1) is 27.2 Å².